The van der Waals surface area contributed by atoms with Crippen LogP contribution in [0.2, 0.25) is 0 Å². The molecule has 0 spiro atoms. The van der Waals surface area contributed by atoms with Crippen LogP contribution in [0.25, 0.3) is 0 Å². The van der Waals surface area contributed by atoms with E-state index in [1.165, 1.54) is 0 Å². The van der Waals surface area contributed by atoms with Gasteiger partial charge in [0.25, 0.3) is 5.91 Å². The van der Waals surface area contributed by atoms with E-state index < -0.39 is 11.8 Å². The van der Waals surface area contributed by atoms with Gasteiger partial charge in [-0.3, -0.25) is 25.2 Å². The van der Waals surface area contributed by atoms with Crippen LogP contribution in [0.1, 0.15) is 29.3 Å². The van der Waals surface area contributed by atoms with E-state index in [-0.39, 0.29) is 18.2 Å². The van der Waals surface area contributed by atoms with E-state index in [1.807, 2.05) is 30.3 Å². The highest BCUT2D eigenvalue weighted by atomic mass is 16.2. The van der Waals surface area contributed by atoms with Gasteiger partial charge >= 0.3 is 0 Å². The standard InChI is InChI=1S/C20H21N3O3/c1-2-14-7-6-10-17(11-14)23-13-16(12-18(23)24)20(26)22-21-19(25)15-8-4-3-5-9-15/h3-11,16H,2,12-13H2,1H3,(H,21,25)(H,22,26)/t16-/m1/s1. The normalized spacial score (nSPS) is 16.4. The third-order valence-electron chi connectivity index (χ3n) is 4.46. The number of carbonyl (C=O) groups excluding carboxylic acids is 3. The number of hydrogen-bond donors (Lipinski definition) is 2. The van der Waals surface area contributed by atoms with Crippen LogP contribution in [0.5, 0.6) is 0 Å². The minimum atomic E-state index is -0.496. The molecule has 0 aromatic heterocycles. The molecule has 2 aromatic rings. The molecule has 0 unspecified atom stereocenters. The lowest BCUT2D eigenvalue weighted by atomic mass is 10.1. The number of benzene rings is 2. The molecule has 6 heteroatoms. The highest BCUT2D eigenvalue weighted by Gasteiger charge is 2.35. The molecule has 0 saturated carbocycles. The second-order valence-corrected chi connectivity index (χ2v) is 6.24. The molecule has 6 nitrogen and oxygen atoms in total. The first-order valence-electron chi connectivity index (χ1n) is 8.63. The van der Waals surface area contributed by atoms with E-state index in [1.54, 1.807) is 29.2 Å². The van der Waals surface area contributed by atoms with Gasteiger partial charge in [0.05, 0.1) is 5.92 Å². The summed E-state index contributed by atoms with van der Waals surface area (Å²) in [6.45, 7) is 2.36. The lowest BCUT2D eigenvalue weighted by Gasteiger charge is -2.17. The highest BCUT2D eigenvalue weighted by Crippen LogP contribution is 2.26. The van der Waals surface area contributed by atoms with Gasteiger partial charge in [-0.1, -0.05) is 37.3 Å². The molecule has 1 fully saturated rings. The van der Waals surface area contributed by atoms with E-state index >= 15 is 0 Å². The number of carbonyl (C=O) groups is 3. The molecule has 2 aromatic carbocycles. The Labute approximate surface area is 152 Å². The smallest absolute Gasteiger partial charge is 0.269 e. The van der Waals surface area contributed by atoms with Crippen molar-refractivity contribution in [2.45, 2.75) is 19.8 Å². The third kappa shape index (κ3) is 3.91. The molecule has 3 rings (SSSR count). The van der Waals surface area contributed by atoms with Gasteiger partial charge in [0.15, 0.2) is 0 Å². The van der Waals surface area contributed by atoms with Crippen LogP contribution < -0.4 is 15.8 Å². The maximum atomic E-state index is 12.3. The summed E-state index contributed by atoms with van der Waals surface area (Å²) in [4.78, 5) is 38.2. The first kappa shape index (κ1) is 17.7. The summed E-state index contributed by atoms with van der Waals surface area (Å²) >= 11 is 0. The van der Waals surface area contributed by atoms with Crippen LogP contribution in [-0.4, -0.2) is 24.3 Å². The zero-order chi connectivity index (χ0) is 18.5. The summed E-state index contributed by atoms with van der Waals surface area (Å²) in [5, 5.41) is 0. The monoisotopic (exact) mass is 351 g/mol. The van der Waals surface area contributed by atoms with Crippen LogP contribution >= 0.6 is 0 Å². The van der Waals surface area contributed by atoms with Gasteiger partial charge in [-0.05, 0) is 36.2 Å². The zero-order valence-corrected chi connectivity index (χ0v) is 14.6. The van der Waals surface area contributed by atoms with Crippen molar-refractivity contribution in [1.29, 1.82) is 0 Å². The fourth-order valence-electron chi connectivity index (χ4n) is 2.96. The number of aryl methyl sites for hydroxylation is 1. The van der Waals surface area contributed by atoms with Crippen molar-refractivity contribution in [2.75, 3.05) is 11.4 Å². The molecular weight excluding hydrogens is 330 g/mol. The average molecular weight is 351 g/mol. The Morgan fingerprint density at radius 3 is 2.58 bits per heavy atom. The van der Waals surface area contributed by atoms with Crippen molar-refractivity contribution < 1.29 is 14.4 Å². The van der Waals surface area contributed by atoms with Crippen molar-refractivity contribution in [3.8, 4) is 0 Å². The molecule has 134 valence electrons. The molecule has 1 atom stereocenters. The Morgan fingerprint density at radius 2 is 1.85 bits per heavy atom. The number of hydrazine groups is 1. The minimum absolute atomic E-state index is 0.0900. The van der Waals surface area contributed by atoms with E-state index in [4.69, 9.17) is 0 Å². The summed E-state index contributed by atoms with van der Waals surface area (Å²) in [5.41, 5.74) is 7.21. The van der Waals surface area contributed by atoms with Crippen molar-refractivity contribution in [3.63, 3.8) is 0 Å². The number of nitrogens with zero attached hydrogens (tertiary/aromatic N) is 1. The van der Waals surface area contributed by atoms with Crippen molar-refractivity contribution in [2.24, 2.45) is 5.92 Å². The fraction of sp³-hybridized carbons (Fsp3) is 0.250. The van der Waals surface area contributed by atoms with Crippen molar-refractivity contribution in [3.05, 3.63) is 65.7 Å². The van der Waals surface area contributed by atoms with Gasteiger partial charge in [-0.15, -0.1) is 0 Å². The number of hydrogen-bond acceptors (Lipinski definition) is 3. The summed E-state index contributed by atoms with van der Waals surface area (Å²) in [7, 11) is 0. The van der Waals surface area contributed by atoms with Crippen LogP contribution in [-0.2, 0) is 16.0 Å². The molecule has 26 heavy (non-hydrogen) atoms. The largest absolute Gasteiger partial charge is 0.312 e. The average Bonchev–Trinajstić information content (AvgIpc) is 3.08. The maximum absolute atomic E-state index is 12.3. The van der Waals surface area contributed by atoms with Gasteiger partial charge in [-0.25, -0.2) is 0 Å². The molecule has 1 heterocycles. The Kier molecular flexibility index (Phi) is 5.31. The lowest BCUT2D eigenvalue weighted by molar-refractivity contribution is -0.126. The van der Waals surface area contributed by atoms with E-state index in [0.717, 1.165) is 17.7 Å². The molecule has 1 aliphatic rings. The number of anilines is 1. The molecule has 0 aliphatic carbocycles. The molecule has 0 radical (unpaired) electrons. The van der Waals surface area contributed by atoms with Gasteiger partial charge in [0, 0.05) is 24.2 Å². The Morgan fingerprint density at radius 1 is 1.08 bits per heavy atom. The van der Waals surface area contributed by atoms with E-state index in [9.17, 15) is 14.4 Å². The second-order valence-electron chi connectivity index (χ2n) is 6.24. The Bertz CT molecular complexity index is 820. The molecular formula is C20H21N3O3. The number of rotatable bonds is 4. The van der Waals surface area contributed by atoms with Gasteiger partial charge in [0.2, 0.25) is 11.8 Å². The van der Waals surface area contributed by atoms with Gasteiger partial charge in [-0.2, -0.15) is 0 Å². The first-order chi connectivity index (χ1) is 12.6. The maximum Gasteiger partial charge on any atom is 0.269 e. The van der Waals surface area contributed by atoms with Crippen molar-refractivity contribution >= 4 is 23.4 Å². The van der Waals surface area contributed by atoms with Crippen LogP contribution in [0.4, 0.5) is 5.69 Å². The SMILES string of the molecule is CCc1cccc(N2C[C@H](C(=O)NNC(=O)c3ccccc3)CC2=O)c1. The molecule has 1 saturated heterocycles. The summed E-state index contributed by atoms with van der Waals surface area (Å²) in [5.74, 6) is -1.34. The van der Waals surface area contributed by atoms with Crippen LogP contribution in [0, 0.1) is 5.92 Å². The predicted octanol–water partition coefficient (Wildman–Crippen LogP) is 2.06. The lowest BCUT2D eigenvalue weighted by Crippen LogP contribution is -2.45. The predicted molar refractivity (Wildman–Crippen MR) is 98.3 cm³/mol. The molecule has 0 bridgehead atoms. The van der Waals surface area contributed by atoms with E-state index in [2.05, 4.69) is 17.8 Å². The fourth-order valence-corrected chi connectivity index (χ4v) is 2.96. The summed E-state index contributed by atoms with van der Waals surface area (Å²) in [6.07, 6.45) is 1.01. The summed E-state index contributed by atoms with van der Waals surface area (Å²) < 4.78 is 0. The minimum Gasteiger partial charge on any atom is -0.312 e. The number of amides is 3. The van der Waals surface area contributed by atoms with E-state index in [0.29, 0.717) is 12.1 Å². The third-order valence-corrected chi connectivity index (χ3v) is 4.46. The molecule has 1 aliphatic heterocycles. The zero-order valence-electron chi connectivity index (χ0n) is 14.6. The first-order valence-corrected chi connectivity index (χ1v) is 8.63. The quantitative estimate of drug-likeness (QED) is 0.828. The van der Waals surface area contributed by atoms with Gasteiger partial charge < -0.3 is 4.90 Å². The highest BCUT2D eigenvalue weighted by molar-refractivity contribution is 6.01. The molecule has 2 N–H and O–H groups in total. The summed E-state index contributed by atoms with van der Waals surface area (Å²) in [6, 6.07) is 16.4. The van der Waals surface area contributed by atoms with Crippen molar-refractivity contribution in [1.82, 2.24) is 10.9 Å². The molecule has 3 amide bonds. The van der Waals surface area contributed by atoms with Crippen LogP contribution in [0.15, 0.2) is 54.6 Å². The Hall–Kier alpha value is -3.15. The Balaban J connectivity index is 1.59. The second kappa shape index (κ2) is 7.82. The van der Waals surface area contributed by atoms with Gasteiger partial charge in [0.1, 0.15) is 0 Å². The number of nitrogens with one attached hydrogen (secondary N) is 2. The topological polar surface area (TPSA) is 78.5 Å². The van der Waals surface area contributed by atoms with Crippen LogP contribution in [0.3, 0.4) is 0 Å².